The Morgan fingerprint density at radius 1 is 1.00 bits per heavy atom. The Bertz CT molecular complexity index is 409. The molecule has 0 radical (unpaired) electrons. The number of nitrogens with zero attached hydrogens (tertiary/aromatic N) is 1. The summed E-state index contributed by atoms with van der Waals surface area (Å²) in [6.45, 7) is 6.09. The van der Waals surface area contributed by atoms with E-state index >= 15 is 0 Å². The van der Waals surface area contributed by atoms with Crippen molar-refractivity contribution in [3.63, 3.8) is 0 Å². The van der Waals surface area contributed by atoms with Gasteiger partial charge in [0.15, 0.2) is 0 Å². The summed E-state index contributed by atoms with van der Waals surface area (Å²) in [5, 5.41) is 3.87. The van der Waals surface area contributed by atoms with Crippen molar-refractivity contribution in [1.29, 1.82) is 0 Å². The van der Waals surface area contributed by atoms with Gasteiger partial charge in [0.1, 0.15) is 0 Å². The molecule has 1 heterocycles. The first-order valence-electron chi connectivity index (χ1n) is 8.86. The summed E-state index contributed by atoms with van der Waals surface area (Å²) in [5.41, 5.74) is 1.39. The second-order valence-corrected chi connectivity index (χ2v) is 7.03. The molecule has 3 rings (SSSR count). The van der Waals surface area contributed by atoms with Crippen LogP contribution in [-0.4, -0.2) is 25.7 Å². The highest BCUT2D eigenvalue weighted by atomic mass is 15.1. The van der Waals surface area contributed by atoms with Crippen LogP contribution in [-0.2, 0) is 0 Å². The number of anilines is 1. The molecule has 0 amide bonds. The molecule has 2 aliphatic rings. The van der Waals surface area contributed by atoms with E-state index in [0.717, 1.165) is 17.9 Å². The molecule has 1 saturated carbocycles. The van der Waals surface area contributed by atoms with Gasteiger partial charge in [-0.25, -0.2) is 0 Å². The van der Waals surface area contributed by atoms with Gasteiger partial charge in [-0.05, 0) is 49.8 Å². The van der Waals surface area contributed by atoms with Crippen LogP contribution < -0.4 is 10.2 Å². The van der Waals surface area contributed by atoms with Crippen molar-refractivity contribution < 1.29 is 0 Å². The largest absolute Gasteiger partial charge is 0.371 e. The average molecular weight is 286 g/mol. The molecule has 116 valence electrons. The highest BCUT2D eigenvalue weighted by Gasteiger charge is 2.24. The number of nitrogens with one attached hydrogen (secondary N) is 1. The summed E-state index contributed by atoms with van der Waals surface area (Å²) < 4.78 is 0. The Hall–Kier alpha value is -1.02. The minimum atomic E-state index is 0.735. The zero-order valence-electron chi connectivity index (χ0n) is 13.4. The second-order valence-electron chi connectivity index (χ2n) is 7.03. The van der Waals surface area contributed by atoms with Crippen LogP contribution >= 0.6 is 0 Å². The fourth-order valence-corrected chi connectivity index (χ4v) is 3.99. The standard InChI is InChI=1S/C19H30N2/c1-16-7-5-6-8-17(16)15-20-18-11-13-21(14-12-18)19-9-3-2-4-10-19/h2-4,9-10,16-18,20H,5-8,11-15H2,1H3. The molecule has 0 spiro atoms. The van der Waals surface area contributed by atoms with Gasteiger partial charge in [0.2, 0.25) is 0 Å². The van der Waals surface area contributed by atoms with E-state index in [1.165, 1.54) is 63.8 Å². The first-order chi connectivity index (χ1) is 10.3. The van der Waals surface area contributed by atoms with E-state index in [2.05, 4.69) is 47.5 Å². The number of benzene rings is 1. The number of rotatable bonds is 4. The van der Waals surface area contributed by atoms with Crippen molar-refractivity contribution in [2.45, 2.75) is 51.5 Å². The van der Waals surface area contributed by atoms with Crippen LogP contribution in [0, 0.1) is 11.8 Å². The van der Waals surface area contributed by atoms with Gasteiger partial charge < -0.3 is 10.2 Å². The van der Waals surface area contributed by atoms with Crippen molar-refractivity contribution in [1.82, 2.24) is 5.32 Å². The molecule has 1 saturated heterocycles. The normalized spacial score (nSPS) is 27.8. The Balaban J connectivity index is 1.41. The van der Waals surface area contributed by atoms with Crippen LogP contribution in [0.15, 0.2) is 30.3 Å². The summed E-state index contributed by atoms with van der Waals surface area (Å²) in [7, 11) is 0. The van der Waals surface area contributed by atoms with E-state index in [1.54, 1.807) is 0 Å². The Morgan fingerprint density at radius 3 is 2.43 bits per heavy atom. The third kappa shape index (κ3) is 4.00. The maximum absolute atomic E-state index is 3.87. The highest BCUT2D eigenvalue weighted by molar-refractivity contribution is 5.46. The van der Waals surface area contributed by atoms with Gasteiger partial charge in [0.05, 0.1) is 0 Å². The predicted octanol–water partition coefficient (Wildman–Crippen LogP) is 4.07. The van der Waals surface area contributed by atoms with E-state index in [-0.39, 0.29) is 0 Å². The summed E-state index contributed by atoms with van der Waals surface area (Å²) >= 11 is 0. The molecule has 1 aliphatic heterocycles. The molecule has 1 aromatic carbocycles. The molecule has 1 aliphatic carbocycles. The molecule has 2 unspecified atom stereocenters. The third-order valence-electron chi connectivity index (χ3n) is 5.57. The van der Waals surface area contributed by atoms with Gasteiger partial charge in [-0.15, -0.1) is 0 Å². The van der Waals surface area contributed by atoms with Crippen LogP contribution in [0.5, 0.6) is 0 Å². The van der Waals surface area contributed by atoms with E-state index in [1.807, 2.05) is 0 Å². The number of hydrogen-bond donors (Lipinski definition) is 1. The minimum absolute atomic E-state index is 0.735. The van der Waals surface area contributed by atoms with Gasteiger partial charge in [-0.2, -0.15) is 0 Å². The first-order valence-corrected chi connectivity index (χ1v) is 8.86. The molecule has 2 atom stereocenters. The minimum Gasteiger partial charge on any atom is -0.371 e. The van der Waals surface area contributed by atoms with E-state index < -0.39 is 0 Å². The van der Waals surface area contributed by atoms with Gasteiger partial charge in [-0.3, -0.25) is 0 Å². The first kappa shape index (κ1) is 14.9. The quantitative estimate of drug-likeness (QED) is 0.897. The van der Waals surface area contributed by atoms with Gasteiger partial charge in [-0.1, -0.05) is 44.4 Å². The smallest absolute Gasteiger partial charge is 0.0366 e. The Kier molecular flexibility index (Phi) is 5.18. The van der Waals surface area contributed by atoms with E-state index in [4.69, 9.17) is 0 Å². The molecule has 2 nitrogen and oxygen atoms in total. The van der Waals surface area contributed by atoms with Crippen LogP contribution in [0.2, 0.25) is 0 Å². The fraction of sp³-hybridized carbons (Fsp3) is 0.684. The predicted molar refractivity (Wildman–Crippen MR) is 90.8 cm³/mol. The lowest BCUT2D eigenvalue weighted by molar-refractivity contribution is 0.235. The lowest BCUT2D eigenvalue weighted by Crippen LogP contribution is -2.44. The zero-order valence-corrected chi connectivity index (χ0v) is 13.4. The molecule has 21 heavy (non-hydrogen) atoms. The lowest BCUT2D eigenvalue weighted by atomic mass is 9.80. The SMILES string of the molecule is CC1CCCCC1CNC1CCN(c2ccccc2)CC1. The fourth-order valence-electron chi connectivity index (χ4n) is 3.99. The maximum Gasteiger partial charge on any atom is 0.0366 e. The third-order valence-corrected chi connectivity index (χ3v) is 5.57. The summed E-state index contributed by atoms with van der Waals surface area (Å²) in [4.78, 5) is 2.53. The van der Waals surface area contributed by atoms with Crippen molar-refractivity contribution in [2.75, 3.05) is 24.5 Å². The molecule has 2 heteroatoms. The van der Waals surface area contributed by atoms with Crippen LogP contribution in [0.4, 0.5) is 5.69 Å². The Labute approximate surface area is 129 Å². The van der Waals surface area contributed by atoms with E-state index in [0.29, 0.717) is 0 Å². The molecule has 2 fully saturated rings. The molecule has 0 aromatic heterocycles. The molecule has 1 N–H and O–H groups in total. The number of para-hydroxylation sites is 1. The van der Waals surface area contributed by atoms with Crippen LogP contribution in [0.25, 0.3) is 0 Å². The maximum atomic E-state index is 3.87. The molecule has 0 bridgehead atoms. The lowest BCUT2D eigenvalue weighted by Gasteiger charge is -2.36. The van der Waals surface area contributed by atoms with Gasteiger partial charge >= 0.3 is 0 Å². The molecule has 1 aromatic rings. The van der Waals surface area contributed by atoms with Crippen molar-refractivity contribution >= 4 is 5.69 Å². The van der Waals surface area contributed by atoms with Gasteiger partial charge in [0, 0.05) is 24.8 Å². The van der Waals surface area contributed by atoms with E-state index in [9.17, 15) is 0 Å². The van der Waals surface area contributed by atoms with Crippen LogP contribution in [0.3, 0.4) is 0 Å². The average Bonchev–Trinajstić information content (AvgIpc) is 2.55. The monoisotopic (exact) mass is 286 g/mol. The number of hydrogen-bond acceptors (Lipinski definition) is 2. The highest BCUT2D eigenvalue weighted by Crippen LogP contribution is 2.29. The van der Waals surface area contributed by atoms with Crippen molar-refractivity contribution in [3.05, 3.63) is 30.3 Å². The van der Waals surface area contributed by atoms with Gasteiger partial charge in [0.25, 0.3) is 0 Å². The number of piperidine rings is 1. The van der Waals surface area contributed by atoms with Crippen molar-refractivity contribution in [3.8, 4) is 0 Å². The molecular formula is C19H30N2. The summed E-state index contributed by atoms with van der Waals surface area (Å²) in [6.07, 6.45) is 8.36. The summed E-state index contributed by atoms with van der Waals surface area (Å²) in [6, 6.07) is 11.6. The van der Waals surface area contributed by atoms with Crippen molar-refractivity contribution in [2.24, 2.45) is 11.8 Å². The zero-order chi connectivity index (χ0) is 14.5. The topological polar surface area (TPSA) is 15.3 Å². The second kappa shape index (κ2) is 7.31. The summed E-state index contributed by atoms with van der Waals surface area (Å²) in [5.74, 6) is 1.85. The Morgan fingerprint density at radius 2 is 1.71 bits per heavy atom. The molecular weight excluding hydrogens is 256 g/mol. The van der Waals surface area contributed by atoms with Crippen LogP contribution in [0.1, 0.15) is 45.4 Å².